The Morgan fingerprint density at radius 2 is 2.29 bits per heavy atom. The molecule has 2 rings (SSSR count). The van der Waals surface area contributed by atoms with Crippen molar-refractivity contribution in [3.63, 3.8) is 0 Å². The van der Waals surface area contributed by atoms with Gasteiger partial charge in [0.15, 0.2) is 0 Å². The highest BCUT2D eigenvalue weighted by molar-refractivity contribution is 5.07. The molecule has 1 heterocycles. The first-order chi connectivity index (χ1) is 6.66. The van der Waals surface area contributed by atoms with Gasteiger partial charge in [-0.3, -0.25) is 0 Å². The molecule has 2 N–H and O–H groups in total. The second-order valence-corrected chi connectivity index (χ2v) is 4.45. The lowest BCUT2D eigenvalue weighted by Crippen LogP contribution is -2.34. The quantitative estimate of drug-likeness (QED) is 0.727. The number of hydrogen-bond acceptors (Lipinski definition) is 3. The smallest absolute Gasteiger partial charge is 0.0873 e. The molecule has 4 nitrogen and oxygen atoms in total. The number of nitrogens with two attached hydrogens (primary N) is 1. The fraction of sp³-hybridized carbons (Fsp3) is 0.800. The molecule has 0 bridgehead atoms. The first-order valence-electron chi connectivity index (χ1n) is 5.28. The van der Waals surface area contributed by atoms with E-state index in [4.69, 9.17) is 5.73 Å². The van der Waals surface area contributed by atoms with Crippen LogP contribution in [0.1, 0.15) is 37.8 Å². The van der Waals surface area contributed by atoms with Gasteiger partial charge in [-0.25, -0.2) is 0 Å². The summed E-state index contributed by atoms with van der Waals surface area (Å²) in [5.74, 6) is 1.18. The van der Waals surface area contributed by atoms with Crippen molar-refractivity contribution in [3.8, 4) is 0 Å². The lowest BCUT2D eigenvalue weighted by atomic mass is 9.78. The van der Waals surface area contributed by atoms with Crippen LogP contribution in [0.2, 0.25) is 0 Å². The summed E-state index contributed by atoms with van der Waals surface area (Å²) in [5.41, 5.74) is 7.17. The lowest BCUT2D eigenvalue weighted by molar-refractivity contribution is 0.301. The largest absolute Gasteiger partial charge is 0.327 e. The Balaban J connectivity index is 2.15. The van der Waals surface area contributed by atoms with Gasteiger partial charge in [0.25, 0.3) is 0 Å². The maximum Gasteiger partial charge on any atom is 0.0873 e. The van der Waals surface area contributed by atoms with Gasteiger partial charge in [0.2, 0.25) is 0 Å². The minimum atomic E-state index is 0.267. The molecule has 0 saturated heterocycles. The fourth-order valence-corrected chi connectivity index (χ4v) is 2.28. The molecule has 0 amide bonds. The summed E-state index contributed by atoms with van der Waals surface area (Å²) in [4.78, 5) is 1.61. The molecular weight excluding hydrogens is 176 g/mol. The van der Waals surface area contributed by atoms with E-state index in [1.54, 1.807) is 4.80 Å². The molecule has 14 heavy (non-hydrogen) atoms. The molecular formula is C10H18N4. The molecule has 78 valence electrons. The van der Waals surface area contributed by atoms with Crippen molar-refractivity contribution in [3.05, 3.63) is 11.9 Å². The third-order valence-corrected chi connectivity index (χ3v) is 3.16. The van der Waals surface area contributed by atoms with Crippen LogP contribution < -0.4 is 5.73 Å². The third-order valence-electron chi connectivity index (χ3n) is 3.16. The predicted octanol–water partition coefficient (Wildman–Crippen LogP) is 1.05. The van der Waals surface area contributed by atoms with Gasteiger partial charge in [0, 0.05) is 19.0 Å². The van der Waals surface area contributed by atoms with Crippen LogP contribution in [0.4, 0.5) is 0 Å². The van der Waals surface area contributed by atoms with E-state index in [-0.39, 0.29) is 6.04 Å². The van der Waals surface area contributed by atoms with Crippen LogP contribution in [0.3, 0.4) is 0 Å². The van der Waals surface area contributed by atoms with E-state index in [0.29, 0.717) is 5.92 Å². The fourth-order valence-electron chi connectivity index (χ4n) is 2.28. The van der Waals surface area contributed by atoms with Crippen LogP contribution in [-0.4, -0.2) is 21.0 Å². The normalized spacial score (nSPS) is 33.2. The van der Waals surface area contributed by atoms with Crippen LogP contribution in [0.15, 0.2) is 6.20 Å². The first kappa shape index (κ1) is 9.65. The van der Waals surface area contributed by atoms with Crippen LogP contribution in [-0.2, 0) is 7.05 Å². The van der Waals surface area contributed by atoms with E-state index in [1.807, 2.05) is 13.2 Å². The molecule has 4 heteroatoms. The van der Waals surface area contributed by atoms with E-state index in [9.17, 15) is 0 Å². The molecule has 1 fully saturated rings. The van der Waals surface area contributed by atoms with Crippen molar-refractivity contribution >= 4 is 0 Å². The Bertz CT molecular complexity index is 307. The van der Waals surface area contributed by atoms with Crippen LogP contribution in [0, 0.1) is 5.92 Å². The lowest BCUT2D eigenvalue weighted by Gasteiger charge is -2.30. The number of aromatic nitrogens is 3. The van der Waals surface area contributed by atoms with Crippen molar-refractivity contribution in [2.24, 2.45) is 18.7 Å². The average Bonchev–Trinajstić information content (AvgIpc) is 2.56. The van der Waals surface area contributed by atoms with Crippen LogP contribution in [0.25, 0.3) is 0 Å². The molecule has 1 aliphatic rings. The van der Waals surface area contributed by atoms with Gasteiger partial charge in [-0.05, 0) is 25.2 Å². The highest BCUT2D eigenvalue weighted by atomic mass is 15.4. The van der Waals surface area contributed by atoms with Gasteiger partial charge in [-0.2, -0.15) is 15.0 Å². The number of hydrogen-bond donors (Lipinski definition) is 1. The highest BCUT2D eigenvalue weighted by Crippen LogP contribution is 2.33. The second kappa shape index (κ2) is 3.69. The first-order valence-corrected chi connectivity index (χ1v) is 5.28. The second-order valence-electron chi connectivity index (χ2n) is 4.45. The highest BCUT2D eigenvalue weighted by Gasteiger charge is 2.28. The SMILES string of the molecule is CC1CCC(N)C(c2cnn(C)n2)C1. The molecule has 3 unspecified atom stereocenters. The maximum absolute atomic E-state index is 6.11. The summed E-state index contributed by atoms with van der Waals surface area (Å²) < 4.78 is 0. The Labute approximate surface area is 84.5 Å². The zero-order chi connectivity index (χ0) is 10.1. The van der Waals surface area contributed by atoms with Gasteiger partial charge < -0.3 is 5.73 Å². The molecule has 1 saturated carbocycles. The van der Waals surface area contributed by atoms with Crippen molar-refractivity contribution in [2.45, 2.75) is 38.1 Å². The van der Waals surface area contributed by atoms with Gasteiger partial charge in [-0.15, -0.1) is 0 Å². The minimum Gasteiger partial charge on any atom is -0.327 e. The third kappa shape index (κ3) is 1.80. The maximum atomic E-state index is 6.11. The minimum absolute atomic E-state index is 0.267. The van der Waals surface area contributed by atoms with E-state index in [0.717, 1.165) is 24.5 Å². The number of aryl methyl sites for hydroxylation is 1. The Hall–Kier alpha value is -0.900. The van der Waals surface area contributed by atoms with Crippen molar-refractivity contribution < 1.29 is 0 Å². The molecule has 1 aromatic heterocycles. The zero-order valence-corrected chi connectivity index (χ0v) is 8.85. The van der Waals surface area contributed by atoms with E-state index < -0.39 is 0 Å². The Kier molecular flexibility index (Phi) is 2.54. The Morgan fingerprint density at radius 3 is 2.93 bits per heavy atom. The van der Waals surface area contributed by atoms with E-state index in [2.05, 4.69) is 17.1 Å². The van der Waals surface area contributed by atoms with Gasteiger partial charge in [0.1, 0.15) is 0 Å². The number of nitrogens with zero attached hydrogens (tertiary/aromatic N) is 3. The molecule has 0 aromatic carbocycles. The number of rotatable bonds is 1. The molecule has 0 aliphatic heterocycles. The van der Waals surface area contributed by atoms with Crippen molar-refractivity contribution in [1.82, 2.24) is 15.0 Å². The average molecular weight is 194 g/mol. The summed E-state index contributed by atoms with van der Waals surface area (Å²) in [6, 6.07) is 0.267. The van der Waals surface area contributed by atoms with Crippen LogP contribution in [0.5, 0.6) is 0 Å². The van der Waals surface area contributed by atoms with Crippen molar-refractivity contribution in [2.75, 3.05) is 0 Å². The standard InChI is InChI=1S/C10H18N4/c1-7-3-4-9(11)8(5-7)10-6-12-14(2)13-10/h6-9H,3-5,11H2,1-2H3. The monoisotopic (exact) mass is 194 g/mol. The molecule has 0 radical (unpaired) electrons. The summed E-state index contributed by atoms with van der Waals surface area (Å²) in [6.07, 6.45) is 5.36. The molecule has 3 atom stereocenters. The topological polar surface area (TPSA) is 56.7 Å². The predicted molar refractivity (Wildman–Crippen MR) is 54.7 cm³/mol. The summed E-state index contributed by atoms with van der Waals surface area (Å²) in [6.45, 7) is 2.29. The zero-order valence-electron chi connectivity index (χ0n) is 8.85. The molecule has 1 aliphatic carbocycles. The summed E-state index contributed by atoms with van der Waals surface area (Å²) in [5, 5.41) is 8.45. The van der Waals surface area contributed by atoms with E-state index >= 15 is 0 Å². The summed E-state index contributed by atoms with van der Waals surface area (Å²) >= 11 is 0. The van der Waals surface area contributed by atoms with Crippen molar-refractivity contribution in [1.29, 1.82) is 0 Å². The van der Waals surface area contributed by atoms with E-state index in [1.165, 1.54) is 6.42 Å². The van der Waals surface area contributed by atoms with Crippen LogP contribution >= 0.6 is 0 Å². The van der Waals surface area contributed by atoms with Gasteiger partial charge >= 0.3 is 0 Å². The molecule has 0 spiro atoms. The summed E-state index contributed by atoms with van der Waals surface area (Å²) in [7, 11) is 1.85. The van der Waals surface area contributed by atoms with Gasteiger partial charge in [-0.1, -0.05) is 6.92 Å². The molecule has 1 aromatic rings. The van der Waals surface area contributed by atoms with Gasteiger partial charge in [0.05, 0.1) is 11.9 Å². The Morgan fingerprint density at radius 1 is 1.50 bits per heavy atom.